The second-order valence-corrected chi connectivity index (χ2v) is 7.89. The molecule has 1 aromatic heterocycles. The average Bonchev–Trinajstić information content (AvgIpc) is 3.29. The van der Waals surface area contributed by atoms with Crippen molar-refractivity contribution in [2.45, 2.75) is 18.1 Å². The average molecular weight is 434 g/mol. The van der Waals surface area contributed by atoms with Gasteiger partial charge in [0.25, 0.3) is 0 Å². The Balaban J connectivity index is 1.38. The number of rotatable bonds is 8. The molecule has 4 rings (SSSR count). The topological polar surface area (TPSA) is 74.6 Å². The molecule has 0 spiro atoms. The van der Waals surface area contributed by atoms with Gasteiger partial charge in [0.05, 0.1) is 17.6 Å². The van der Waals surface area contributed by atoms with E-state index in [2.05, 4.69) is 14.9 Å². The fraction of sp³-hybridized carbons (Fsp3) is 0.300. The van der Waals surface area contributed by atoms with E-state index in [1.807, 2.05) is 18.2 Å². The van der Waals surface area contributed by atoms with Gasteiger partial charge in [-0.2, -0.15) is 0 Å². The monoisotopic (exact) mass is 433 g/mol. The van der Waals surface area contributed by atoms with Gasteiger partial charge < -0.3 is 24.1 Å². The maximum Gasteiger partial charge on any atom is 0.231 e. The number of imidazole rings is 1. The summed E-state index contributed by atoms with van der Waals surface area (Å²) < 4.78 is 17.9. The first-order valence-corrected chi connectivity index (χ1v) is 10.5. The fourth-order valence-corrected chi connectivity index (χ4v) is 4.17. The van der Waals surface area contributed by atoms with Gasteiger partial charge in [-0.3, -0.25) is 4.79 Å². The van der Waals surface area contributed by atoms with Crippen LogP contribution in [0.15, 0.2) is 41.6 Å². The van der Waals surface area contributed by atoms with Crippen LogP contribution in [0.5, 0.6) is 11.5 Å². The number of methoxy groups -OCH3 is 1. The summed E-state index contributed by atoms with van der Waals surface area (Å²) in [5.41, 5.74) is 2.52. The van der Waals surface area contributed by atoms with Crippen LogP contribution < -0.4 is 14.8 Å². The van der Waals surface area contributed by atoms with Crippen molar-refractivity contribution in [3.8, 4) is 11.5 Å². The number of nitrogens with zero attached hydrogens (tertiary/aromatic N) is 2. The molecular weight excluding hydrogens is 414 g/mol. The van der Waals surface area contributed by atoms with Crippen LogP contribution in [-0.4, -0.2) is 41.7 Å². The molecule has 0 unspecified atom stereocenters. The predicted octanol–water partition coefficient (Wildman–Crippen LogP) is 4.19. The normalized spacial score (nSPS) is 12.5. The molecule has 1 amide bonds. The highest BCUT2D eigenvalue weighted by atomic mass is 35.5. The lowest BCUT2D eigenvalue weighted by molar-refractivity contribution is -0.115. The minimum Gasteiger partial charge on any atom is -0.454 e. The zero-order valence-electron chi connectivity index (χ0n) is 15.8. The first kappa shape index (κ1) is 19.9. The Kier molecular flexibility index (Phi) is 6.13. The molecule has 2 aromatic carbocycles. The third-order valence-corrected chi connectivity index (χ3v) is 5.62. The van der Waals surface area contributed by atoms with Gasteiger partial charge in [0, 0.05) is 42.6 Å². The van der Waals surface area contributed by atoms with Crippen LogP contribution in [-0.2, 0) is 16.1 Å². The van der Waals surface area contributed by atoms with Gasteiger partial charge in [0.15, 0.2) is 16.7 Å². The maximum atomic E-state index is 12.3. The van der Waals surface area contributed by atoms with Crippen molar-refractivity contribution in [2.24, 2.45) is 0 Å². The van der Waals surface area contributed by atoms with E-state index in [4.69, 9.17) is 25.8 Å². The van der Waals surface area contributed by atoms with E-state index in [1.165, 1.54) is 11.8 Å². The molecule has 0 saturated carbocycles. The number of nitrogens with one attached hydrogen (secondary N) is 1. The van der Waals surface area contributed by atoms with Crippen molar-refractivity contribution in [2.75, 3.05) is 31.6 Å². The second-order valence-electron chi connectivity index (χ2n) is 6.39. The molecule has 29 heavy (non-hydrogen) atoms. The van der Waals surface area contributed by atoms with Crippen molar-refractivity contribution in [3.63, 3.8) is 0 Å². The quantitative estimate of drug-likeness (QED) is 0.537. The summed E-state index contributed by atoms with van der Waals surface area (Å²) in [6.45, 7) is 1.46. The molecule has 0 aliphatic carbocycles. The fourth-order valence-electron chi connectivity index (χ4n) is 3.02. The maximum absolute atomic E-state index is 12.3. The van der Waals surface area contributed by atoms with Gasteiger partial charge in [-0.25, -0.2) is 4.98 Å². The van der Waals surface area contributed by atoms with E-state index in [9.17, 15) is 4.79 Å². The Morgan fingerprint density at radius 3 is 3.00 bits per heavy atom. The smallest absolute Gasteiger partial charge is 0.231 e. The Bertz CT molecular complexity index is 1040. The third-order valence-electron chi connectivity index (χ3n) is 4.41. The molecule has 0 atom stereocenters. The molecule has 0 fully saturated rings. The standard InChI is InChI=1S/C20H20ClN3O4S/c1-26-8-7-24-16-4-2-13(21)10-15(16)23-20(24)29-9-6-19(25)22-14-3-5-17-18(11-14)28-12-27-17/h2-5,10-11H,6-9,12H2,1H3,(H,22,25). The molecule has 152 valence electrons. The van der Waals surface area contributed by atoms with Crippen LogP contribution in [0.25, 0.3) is 11.0 Å². The van der Waals surface area contributed by atoms with Crippen LogP contribution >= 0.6 is 23.4 Å². The number of carbonyl (C=O) groups is 1. The van der Waals surface area contributed by atoms with E-state index in [1.54, 1.807) is 25.3 Å². The first-order valence-electron chi connectivity index (χ1n) is 9.11. The highest BCUT2D eigenvalue weighted by Crippen LogP contribution is 2.34. The van der Waals surface area contributed by atoms with Gasteiger partial charge >= 0.3 is 0 Å². The van der Waals surface area contributed by atoms with Crippen LogP contribution in [0, 0.1) is 0 Å². The number of hydrogen-bond donors (Lipinski definition) is 1. The van der Waals surface area contributed by atoms with Crippen LogP contribution in [0.1, 0.15) is 6.42 Å². The summed E-state index contributed by atoms with van der Waals surface area (Å²) in [6.07, 6.45) is 0.355. The number of amides is 1. The molecule has 1 aliphatic heterocycles. The Morgan fingerprint density at radius 1 is 1.28 bits per heavy atom. The Hall–Kier alpha value is -2.42. The van der Waals surface area contributed by atoms with Crippen LogP contribution in [0.4, 0.5) is 5.69 Å². The number of fused-ring (bicyclic) bond motifs is 2. The highest BCUT2D eigenvalue weighted by molar-refractivity contribution is 7.99. The minimum absolute atomic E-state index is 0.0704. The van der Waals surface area contributed by atoms with Crippen molar-refractivity contribution in [3.05, 3.63) is 41.4 Å². The van der Waals surface area contributed by atoms with Gasteiger partial charge in [0.1, 0.15) is 0 Å². The lowest BCUT2D eigenvalue weighted by Gasteiger charge is -2.09. The molecule has 9 heteroatoms. The van der Waals surface area contributed by atoms with Crippen molar-refractivity contribution in [1.29, 1.82) is 0 Å². The summed E-state index contributed by atoms with van der Waals surface area (Å²) in [5, 5.41) is 4.38. The lowest BCUT2D eigenvalue weighted by Crippen LogP contribution is -2.12. The molecular formula is C20H20ClN3O4S. The Labute approximate surface area is 177 Å². The first-order chi connectivity index (χ1) is 14.1. The number of benzene rings is 2. The SMILES string of the molecule is COCCn1c(SCCC(=O)Nc2ccc3c(c2)OCO3)nc2cc(Cl)ccc21. The summed E-state index contributed by atoms with van der Waals surface area (Å²) in [5.74, 6) is 1.86. The predicted molar refractivity (Wildman–Crippen MR) is 113 cm³/mol. The van der Waals surface area contributed by atoms with Crippen LogP contribution in [0.2, 0.25) is 5.02 Å². The Morgan fingerprint density at radius 2 is 2.14 bits per heavy atom. The number of carbonyl (C=O) groups excluding carboxylic acids is 1. The number of halogens is 1. The van der Waals surface area contributed by atoms with E-state index >= 15 is 0 Å². The number of aromatic nitrogens is 2. The van der Waals surface area contributed by atoms with Gasteiger partial charge in [0.2, 0.25) is 12.7 Å². The number of ether oxygens (including phenoxy) is 3. The highest BCUT2D eigenvalue weighted by Gasteiger charge is 2.15. The van der Waals surface area contributed by atoms with E-state index < -0.39 is 0 Å². The molecule has 2 heterocycles. The molecule has 3 aromatic rings. The molecule has 0 saturated heterocycles. The molecule has 0 bridgehead atoms. The third kappa shape index (κ3) is 4.60. The van der Waals surface area contributed by atoms with E-state index in [0.717, 1.165) is 16.2 Å². The van der Waals surface area contributed by atoms with Crippen molar-refractivity contribution < 1.29 is 19.0 Å². The molecule has 0 radical (unpaired) electrons. The van der Waals surface area contributed by atoms with Gasteiger partial charge in [-0.1, -0.05) is 23.4 Å². The van der Waals surface area contributed by atoms with Crippen LogP contribution in [0.3, 0.4) is 0 Å². The van der Waals surface area contributed by atoms with Gasteiger partial charge in [-0.05, 0) is 30.3 Å². The lowest BCUT2D eigenvalue weighted by atomic mass is 10.2. The summed E-state index contributed by atoms with van der Waals surface area (Å²) in [6, 6.07) is 11.0. The second kappa shape index (κ2) is 8.94. The van der Waals surface area contributed by atoms with E-state index in [-0.39, 0.29) is 12.7 Å². The summed E-state index contributed by atoms with van der Waals surface area (Å²) >= 11 is 7.63. The number of thioether (sulfide) groups is 1. The molecule has 1 aliphatic rings. The zero-order valence-corrected chi connectivity index (χ0v) is 17.4. The van der Waals surface area contributed by atoms with Crippen molar-refractivity contribution >= 4 is 46.0 Å². The molecule has 1 N–H and O–H groups in total. The largest absolute Gasteiger partial charge is 0.454 e. The zero-order chi connectivity index (χ0) is 20.2. The number of hydrogen-bond acceptors (Lipinski definition) is 6. The number of anilines is 1. The molecule has 7 nitrogen and oxygen atoms in total. The minimum atomic E-state index is -0.0704. The summed E-state index contributed by atoms with van der Waals surface area (Å²) in [4.78, 5) is 17.0. The van der Waals surface area contributed by atoms with Gasteiger partial charge in [-0.15, -0.1) is 0 Å². The van der Waals surface area contributed by atoms with Crippen molar-refractivity contribution in [1.82, 2.24) is 9.55 Å². The van der Waals surface area contributed by atoms with E-state index in [0.29, 0.717) is 47.5 Å². The summed E-state index contributed by atoms with van der Waals surface area (Å²) in [7, 11) is 1.67.